The predicted molar refractivity (Wildman–Crippen MR) is 113 cm³/mol. The van der Waals surface area contributed by atoms with E-state index >= 15 is 0 Å². The van der Waals surface area contributed by atoms with Crippen LogP contribution >= 0.6 is 0 Å². The second-order valence-electron chi connectivity index (χ2n) is 7.75. The molecule has 2 heterocycles. The van der Waals surface area contributed by atoms with Crippen LogP contribution in [0, 0.1) is 5.82 Å². The highest BCUT2D eigenvalue weighted by Gasteiger charge is 2.48. The number of hydrogen-bond donors (Lipinski definition) is 1. The van der Waals surface area contributed by atoms with Crippen LogP contribution < -0.4 is 5.32 Å². The van der Waals surface area contributed by atoms with Crippen LogP contribution in [0.3, 0.4) is 0 Å². The van der Waals surface area contributed by atoms with Gasteiger partial charge < -0.3 is 19.7 Å². The largest absolute Gasteiger partial charge is 0.438 e. The molecule has 9 heteroatoms. The summed E-state index contributed by atoms with van der Waals surface area (Å²) in [5.41, 5.74) is 1.81. The molecule has 2 aromatic rings. The zero-order chi connectivity index (χ0) is 22.7. The summed E-state index contributed by atoms with van der Waals surface area (Å²) >= 11 is 0. The number of rotatable bonds is 5. The first-order valence-corrected chi connectivity index (χ1v) is 10.4. The summed E-state index contributed by atoms with van der Waals surface area (Å²) in [5.74, 6) is -0.855. The smallest absolute Gasteiger partial charge is 0.411 e. The van der Waals surface area contributed by atoms with Crippen molar-refractivity contribution in [3.05, 3.63) is 65.5 Å². The van der Waals surface area contributed by atoms with Crippen molar-refractivity contribution in [1.82, 2.24) is 9.80 Å². The fourth-order valence-corrected chi connectivity index (χ4v) is 3.95. The fraction of sp³-hybridized carbons (Fsp3) is 0.348. The van der Waals surface area contributed by atoms with Gasteiger partial charge in [-0.25, -0.2) is 9.18 Å². The van der Waals surface area contributed by atoms with E-state index in [-0.39, 0.29) is 24.2 Å². The van der Waals surface area contributed by atoms with Crippen molar-refractivity contribution in [3.63, 3.8) is 0 Å². The normalized spacial score (nSPS) is 20.8. The maximum Gasteiger partial charge on any atom is 0.411 e. The molecule has 0 radical (unpaired) electrons. The molecule has 2 aliphatic rings. The molecule has 2 aliphatic heterocycles. The Morgan fingerprint density at radius 1 is 1.12 bits per heavy atom. The molecule has 168 valence electrons. The minimum absolute atomic E-state index is 0.0990. The van der Waals surface area contributed by atoms with E-state index < -0.39 is 18.2 Å². The molecule has 3 amide bonds. The van der Waals surface area contributed by atoms with Crippen molar-refractivity contribution in [2.45, 2.75) is 25.6 Å². The minimum Gasteiger partial charge on any atom is -0.438 e. The topological polar surface area (TPSA) is 88.2 Å². The van der Waals surface area contributed by atoms with Crippen molar-refractivity contribution in [2.75, 3.05) is 31.6 Å². The van der Waals surface area contributed by atoms with E-state index in [1.165, 1.54) is 24.0 Å². The third-order valence-electron chi connectivity index (χ3n) is 5.46. The Labute approximate surface area is 184 Å². The Balaban J connectivity index is 1.66. The molecule has 32 heavy (non-hydrogen) atoms. The summed E-state index contributed by atoms with van der Waals surface area (Å²) in [5, 5.41) is 2.70. The number of carbonyl (C=O) groups excluding carboxylic acids is 3. The van der Waals surface area contributed by atoms with Gasteiger partial charge in [0, 0.05) is 25.7 Å². The van der Waals surface area contributed by atoms with Crippen LogP contribution in [0.1, 0.15) is 24.2 Å². The molecule has 4 rings (SSSR count). The molecule has 2 fully saturated rings. The number of cyclic esters (lactones) is 1. The molecular formula is C23H24FN3O5. The number of halogens is 1. The van der Waals surface area contributed by atoms with E-state index in [1.807, 2.05) is 0 Å². The average molecular weight is 441 g/mol. The molecule has 2 saturated heterocycles. The molecule has 1 N–H and O–H groups in total. The Kier molecular flexibility index (Phi) is 6.36. The maximum absolute atomic E-state index is 13.5. The quantitative estimate of drug-likeness (QED) is 0.771. The third kappa shape index (κ3) is 4.72. The number of carbonyl (C=O) groups is 3. The number of amides is 3. The minimum atomic E-state index is -0.904. The lowest BCUT2D eigenvalue weighted by Crippen LogP contribution is -2.51. The van der Waals surface area contributed by atoms with Gasteiger partial charge in [0.2, 0.25) is 11.8 Å². The standard InChI is InChI=1S/C23H24FN3O5/c1-15(28)25-19-4-2-3-17(13-19)21-20(22(29)26-9-11-31-12-10-26)27(23(30)32-21)14-16-5-7-18(24)8-6-16/h2-8,13,20-21H,9-12,14H2,1H3,(H,25,28). The number of nitrogens with zero attached hydrogens (tertiary/aromatic N) is 2. The molecule has 0 spiro atoms. The van der Waals surface area contributed by atoms with Crippen LogP contribution in [0.15, 0.2) is 48.5 Å². The van der Waals surface area contributed by atoms with E-state index in [0.717, 1.165) is 0 Å². The molecular weight excluding hydrogens is 417 g/mol. The predicted octanol–water partition coefficient (Wildman–Crippen LogP) is 2.71. The molecule has 8 nitrogen and oxygen atoms in total. The SMILES string of the molecule is CC(=O)Nc1cccc(C2OC(=O)N(Cc3ccc(F)cc3)C2C(=O)N2CCOCC2)c1. The highest BCUT2D eigenvalue weighted by Crippen LogP contribution is 2.36. The van der Waals surface area contributed by atoms with Gasteiger partial charge in [0.1, 0.15) is 5.82 Å². The van der Waals surface area contributed by atoms with E-state index in [0.29, 0.717) is 43.1 Å². The summed E-state index contributed by atoms with van der Waals surface area (Å²) in [4.78, 5) is 40.9. The van der Waals surface area contributed by atoms with E-state index in [9.17, 15) is 18.8 Å². The molecule has 2 atom stereocenters. The van der Waals surface area contributed by atoms with Crippen LogP contribution in [-0.2, 0) is 25.6 Å². The van der Waals surface area contributed by atoms with Crippen molar-refractivity contribution >= 4 is 23.6 Å². The van der Waals surface area contributed by atoms with Gasteiger partial charge in [-0.2, -0.15) is 0 Å². The van der Waals surface area contributed by atoms with Gasteiger partial charge in [0.25, 0.3) is 0 Å². The Hall–Kier alpha value is -3.46. The van der Waals surface area contributed by atoms with Gasteiger partial charge in [0.05, 0.1) is 19.8 Å². The Morgan fingerprint density at radius 2 is 1.84 bits per heavy atom. The van der Waals surface area contributed by atoms with Gasteiger partial charge in [-0.05, 0) is 35.4 Å². The number of anilines is 1. The van der Waals surface area contributed by atoms with Gasteiger partial charge in [-0.3, -0.25) is 14.5 Å². The van der Waals surface area contributed by atoms with E-state index in [1.54, 1.807) is 41.3 Å². The molecule has 2 unspecified atom stereocenters. The van der Waals surface area contributed by atoms with Crippen molar-refractivity contribution in [3.8, 4) is 0 Å². The molecule has 0 aliphatic carbocycles. The van der Waals surface area contributed by atoms with Crippen LogP contribution in [0.4, 0.5) is 14.9 Å². The average Bonchev–Trinajstić information content (AvgIpc) is 3.11. The van der Waals surface area contributed by atoms with Crippen LogP contribution in [0.5, 0.6) is 0 Å². The van der Waals surface area contributed by atoms with Gasteiger partial charge in [0.15, 0.2) is 12.1 Å². The first-order chi connectivity index (χ1) is 15.4. The first kappa shape index (κ1) is 21.8. The zero-order valence-corrected chi connectivity index (χ0v) is 17.6. The second kappa shape index (κ2) is 9.35. The summed E-state index contributed by atoms with van der Waals surface area (Å²) in [6.45, 7) is 3.19. The van der Waals surface area contributed by atoms with Gasteiger partial charge in [-0.15, -0.1) is 0 Å². The first-order valence-electron chi connectivity index (χ1n) is 10.4. The number of ether oxygens (including phenoxy) is 2. The number of hydrogen-bond acceptors (Lipinski definition) is 5. The van der Waals surface area contributed by atoms with Gasteiger partial charge >= 0.3 is 6.09 Å². The van der Waals surface area contributed by atoms with E-state index in [2.05, 4.69) is 5.32 Å². The highest BCUT2D eigenvalue weighted by molar-refractivity contribution is 5.90. The summed E-state index contributed by atoms with van der Waals surface area (Å²) in [6, 6.07) is 11.8. The molecule has 0 aromatic heterocycles. The summed E-state index contributed by atoms with van der Waals surface area (Å²) < 4.78 is 24.3. The Morgan fingerprint density at radius 3 is 2.53 bits per heavy atom. The van der Waals surface area contributed by atoms with Crippen molar-refractivity contribution in [2.24, 2.45) is 0 Å². The van der Waals surface area contributed by atoms with E-state index in [4.69, 9.17) is 9.47 Å². The number of benzene rings is 2. The third-order valence-corrected chi connectivity index (χ3v) is 5.46. The number of morpholine rings is 1. The maximum atomic E-state index is 13.5. The highest BCUT2D eigenvalue weighted by atomic mass is 19.1. The van der Waals surface area contributed by atoms with Crippen LogP contribution in [-0.4, -0.2) is 60.1 Å². The summed E-state index contributed by atoms with van der Waals surface area (Å²) in [7, 11) is 0. The van der Waals surface area contributed by atoms with Crippen molar-refractivity contribution in [1.29, 1.82) is 0 Å². The molecule has 0 bridgehead atoms. The van der Waals surface area contributed by atoms with Crippen LogP contribution in [0.25, 0.3) is 0 Å². The van der Waals surface area contributed by atoms with Crippen molar-refractivity contribution < 1.29 is 28.2 Å². The zero-order valence-electron chi connectivity index (χ0n) is 17.6. The lowest BCUT2D eigenvalue weighted by Gasteiger charge is -2.33. The fourth-order valence-electron chi connectivity index (χ4n) is 3.95. The molecule has 2 aromatic carbocycles. The monoisotopic (exact) mass is 441 g/mol. The second-order valence-corrected chi connectivity index (χ2v) is 7.75. The lowest BCUT2D eigenvalue weighted by molar-refractivity contribution is -0.141. The van der Waals surface area contributed by atoms with Gasteiger partial charge in [-0.1, -0.05) is 24.3 Å². The summed E-state index contributed by atoms with van der Waals surface area (Å²) in [6.07, 6.45) is -1.48. The Bertz CT molecular complexity index is 1010. The molecule has 0 saturated carbocycles. The van der Waals surface area contributed by atoms with Crippen LogP contribution in [0.2, 0.25) is 0 Å². The number of nitrogens with one attached hydrogen (secondary N) is 1. The lowest BCUT2D eigenvalue weighted by atomic mass is 9.99.